The Balaban J connectivity index is 2.28. The van der Waals surface area contributed by atoms with E-state index in [0.29, 0.717) is 17.0 Å². The first-order chi connectivity index (χ1) is 8.54. The molecule has 1 aromatic carbocycles. The van der Waals surface area contributed by atoms with Crippen molar-refractivity contribution in [3.8, 4) is 0 Å². The quantitative estimate of drug-likeness (QED) is 0.832. The third-order valence-electron chi connectivity index (χ3n) is 4.63. The number of rotatable bonds is 4. The van der Waals surface area contributed by atoms with Crippen LogP contribution in [0.2, 0.25) is 10.0 Å². The van der Waals surface area contributed by atoms with Gasteiger partial charge in [-0.15, -0.1) is 0 Å². The Morgan fingerprint density at radius 2 is 2.06 bits per heavy atom. The SMILES string of the molecule is CCNC1CC(c2cccc(Cl)c2Cl)C1(C)CC. The van der Waals surface area contributed by atoms with Gasteiger partial charge in [-0.25, -0.2) is 0 Å². The molecule has 0 saturated heterocycles. The van der Waals surface area contributed by atoms with Crippen molar-refractivity contribution in [1.29, 1.82) is 0 Å². The van der Waals surface area contributed by atoms with E-state index in [1.54, 1.807) is 0 Å². The van der Waals surface area contributed by atoms with Crippen molar-refractivity contribution in [3.05, 3.63) is 33.8 Å². The van der Waals surface area contributed by atoms with Crippen molar-refractivity contribution in [2.24, 2.45) is 5.41 Å². The van der Waals surface area contributed by atoms with Crippen LogP contribution < -0.4 is 5.32 Å². The van der Waals surface area contributed by atoms with E-state index in [1.807, 2.05) is 12.1 Å². The van der Waals surface area contributed by atoms with E-state index in [2.05, 4.69) is 32.2 Å². The van der Waals surface area contributed by atoms with Crippen molar-refractivity contribution in [2.75, 3.05) is 6.54 Å². The molecule has 100 valence electrons. The van der Waals surface area contributed by atoms with Gasteiger partial charge >= 0.3 is 0 Å². The molecule has 0 spiro atoms. The Bertz CT molecular complexity index is 433. The molecule has 3 unspecified atom stereocenters. The molecule has 3 heteroatoms. The smallest absolute Gasteiger partial charge is 0.0627 e. The summed E-state index contributed by atoms with van der Waals surface area (Å²) in [5, 5.41) is 4.98. The van der Waals surface area contributed by atoms with E-state index in [1.165, 1.54) is 5.56 Å². The second-order valence-electron chi connectivity index (χ2n) is 5.40. The molecule has 1 aromatic rings. The van der Waals surface area contributed by atoms with E-state index in [-0.39, 0.29) is 5.41 Å². The van der Waals surface area contributed by atoms with Gasteiger partial charge < -0.3 is 5.32 Å². The van der Waals surface area contributed by atoms with Crippen LogP contribution >= 0.6 is 23.2 Å². The van der Waals surface area contributed by atoms with Crippen LogP contribution in [0.15, 0.2) is 18.2 Å². The monoisotopic (exact) mass is 285 g/mol. The number of hydrogen-bond acceptors (Lipinski definition) is 1. The van der Waals surface area contributed by atoms with Gasteiger partial charge in [0, 0.05) is 6.04 Å². The standard InChI is InChI=1S/C15H21Cl2N/c1-4-15(3)11(9-13(15)18-5-2)10-7-6-8-12(16)14(10)17/h6-8,11,13,18H,4-5,9H2,1-3H3. The van der Waals surface area contributed by atoms with Gasteiger partial charge in [-0.1, -0.05) is 56.1 Å². The van der Waals surface area contributed by atoms with Crippen molar-refractivity contribution >= 4 is 23.2 Å². The summed E-state index contributed by atoms with van der Waals surface area (Å²) < 4.78 is 0. The summed E-state index contributed by atoms with van der Waals surface area (Å²) in [4.78, 5) is 0. The number of nitrogens with one attached hydrogen (secondary N) is 1. The first kappa shape index (κ1) is 14.2. The lowest BCUT2D eigenvalue weighted by atomic mass is 9.54. The van der Waals surface area contributed by atoms with Gasteiger partial charge in [0.1, 0.15) is 0 Å². The maximum atomic E-state index is 6.36. The molecule has 0 aliphatic heterocycles. The minimum absolute atomic E-state index is 0.282. The zero-order valence-corrected chi connectivity index (χ0v) is 12.8. The van der Waals surface area contributed by atoms with Crippen LogP contribution in [-0.2, 0) is 0 Å². The highest BCUT2D eigenvalue weighted by Crippen LogP contribution is 2.56. The van der Waals surface area contributed by atoms with Gasteiger partial charge in [-0.05, 0) is 42.3 Å². The van der Waals surface area contributed by atoms with Crippen molar-refractivity contribution in [3.63, 3.8) is 0 Å². The second kappa shape index (κ2) is 5.40. The maximum absolute atomic E-state index is 6.36. The highest BCUT2D eigenvalue weighted by Gasteiger charge is 2.50. The second-order valence-corrected chi connectivity index (χ2v) is 6.19. The number of halogens is 2. The highest BCUT2D eigenvalue weighted by molar-refractivity contribution is 6.42. The molecule has 0 aromatic heterocycles. The van der Waals surface area contributed by atoms with Crippen LogP contribution in [0.25, 0.3) is 0 Å². The van der Waals surface area contributed by atoms with Crippen molar-refractivity contribution in [2.45, 2.75) is 45.6 Å². The average molecular weight is 286 g/mol. The summed E-state index contributed by atoms with van der Waals surface area (Å²) >= 11 is 12.5. The predicted molar refractivity (Wildman–Crippen MR) is 79.7 cm³/mol. The lowest BCUT2D eigenvalue weighted by Crippen LogP contribution is -2.56. The lowest BCUT2D eigenvalue weighted by molar-refractivity contribution is 0.0456. The van der Waals surface area contributed by atoms with Crippen LogP contribution in [-0.4, -0.2) is 12.6 Å². The largest absolute Gasteiger partial charge is 0.314 e. The molecule has 1 aliphatic rings. The van der Waals surface area contributed by atoms with Crippen LogP contribution in [0.5, 0.6) is 0 Å². The third kappa shape index (κ3) is 2.17. The summed E-state index contributed by atoms with van der Waals surface area (Å²) in [7, 11) is 0. The van der Waals surface area contributed by atoms with Gasteiger partial charge in [-0.2, -0.15) is 0 Å². The first-order valence-electron chi connectivity index (χ1n) is 6.71. The molecule has 1 N–H and O–H groups in total. The van der Waals surface area contributed by atoms with E-state index < -0.39 is 0 Å². The molecule has 1 saturated carbocycles. The average Bonchev–Trinajstić information content (AvgIpc) is 2.37. The number of hydrogen-bond donors (Lipinski definition) is 1. The lowest BCUT2D eigenvalue weighted by Gasteiger charge is -2.55. The van der Waals surface area contributed by atoms with Crippen LogP contribution in [0.1, 0.15) is 45.1 Å². The molecule has 3 atom stereocenters. The van der Waals surface area contributed by atoms with E-state index in [0.717, 1.165) is 24.4 Å². The predicted octanol–water partition coefficient (Wildman–Crippen LogP) is 4.88. The third-order valence-corrected chi connectivity index (χ3v) is 5.47. The normalized spacial score (nSPS) is 31.2. The molecular weight excluding hydrogens is 265 g/mol. The number of benzene rings is 1. The van der Waals surface area contributed by atoms with Gasteiger partial charge in [0.05, 0.1) is 10.0 Å². The van der Waals surface area contributed by atoms with Gasteiger partial charge in [0.25, 0.3) is 0 Å². The van der Waals surface area contributed by atoms with Gasteiger partial charge in [0.2, 0.25) is 0 Å². The van der Waals surface area contributed by atoms with Crippen molar-refractivity contribution in [1.82, 2.24) is 5.32 Å². The summed E-state index contributed by atoms with van der Waals surface area (Å²) in [5.41, 5.74) is 1.49. The molecule has 1 fully saturated rings. The zero-order chi connectivity index (χ0) is 13.3. The van der Waals surface area contributed by atoms with E-state index in [9.17, 15) is 0 Å². The molecule has 0 radical (unpaired) electrons. The first-order valence-corrected chi connectivity index (χ1v) is 7.47. The van der Waals surface area contributed by atoms with Crippen LogP contribution in [0, 0.1) is 5.41 Å². The van der Waals surface area contributed by atoms with Crippen LogP contribution in [0.3, 0.4) is 0 Å². The Labute approximate surface area is 120 Å². The molecule has 1 aliphatic carbocycles. The molecule has 2 rings (SSSR count). The molecular formula is C15H21Cl2N. The fourth-order valence-corrected chi connectivity index (χ4v) is 3.62. The summed E-state index contributed by atoms with van der Waals surface area (Å²) in [6.45, 7) is 7.80. The molecule has 0 amide bonds. The Morgan fingerprint density at radius 3 is 2.67 bits per heavy atom. The Kier molecular flexibility index (Phi) is 4.25. The van der Waals surface area contributed by atoms with Gasteiger partial charge in [-0.3, -0.25) is 0 Å². The Morgan fingerprint density at radius 1 is 1.33 bits per heavy atom. The summed E-state index contributed by atoms with van der Waals surface area (Å²) in [6.07, 6.45) is 2.30. The molecule has 0 bridgehead atoms. The minimum atomic E-state index is 0.282. The van der Waals surface area contributed by atoms with E-state index >= 15 is 0 Å². The van der Waals surface area contributed by atoms with E-state index in [4.69, 9.17) is 23.2 Å². The maximum Gasteiger partial charge on any atom is 0.0627 e. The van der Waals surface area contributed by atoms with Crippen LogP contribution in [0.4, 0.5) is 0 Å². The minimum Gasteiger partial charge on any atom is -0.314 e. The fraction of sp³-hybridized carbons (Fsp3) is 0.600. The Hall–Kier alpha value is -0.240. The topological polar surface area (TPSA) is 12.0 Å². The fourth-order valence-electron chi connectivity index (χ4n) is 3.18. The summed E-state index contributed by atoms with van der Waals surface area (Å²) in [5.74, 6) is 0.512. The summed E-state index contributed by atoms with van der Waals surface area (Å²) in [6, 6.07) is 6.57. The molecule has 18 heavy (non-hydrogen) atoms. The molecule has 1 nitrogen and oxygen atoms in total. The highest BCUT2D eigenvalue weighted by atomic mass is 35.5. The molecule has 0 heterocycles. The van der Waals surface area contributed by atoms with Crippen molar-refractivity contribution < 1.29 is 0 Å². The zero-order valence-electron chi connectivity index (χ0n) is 11.3. The van der Waals surface area contributed by atoms with Gasteiger partial charge in [0.15, 0.2) is 0 Å².